The van der Waals surface area contributed by atoms with E-state index in [-0.39, 0.29) is 5.56 Å². The molecule has 5 heteroatoms. The van der Waals surface area contributed by atoms with Gasteiger partial charge in [-0.25, -0.2) is 4.98 Å². The highest BCUT2D eigenvalue weighted by molar-refractivity contribution is 7.17. The number of aromatic nitrogens is 2. The number of hydrogen-bond donors (Lipinski definition) is 2. The maximum Gasteiger partial charge on any atom is 0.268 e. The van der Waals surface area contributed by atoms with Crippen molar-refractivity contribution in [2.75, 3.05) is 0 Å². The lowest BCUT2D eigenvalue weighted by Gasteiger charge is -2.04. The number of benzene rings is 1. The van der Waals surface area contributed by atoms with Crippen LogP contribution in [0.2, 0.25) is 0 Å². The molecule has 4 nitrogen and oxygen atoms in total. The van der Waals surface area contributed by atoms with Gasteiger partial charge in [-0.05, 0) is 23.4 Å². The number of nitrogens with one attached hydrogen (secondary N) is 2. The molecule has 2 N–H and O–H groups in total. The second-order valence-electron chi connectivity index (χ2n) is 5.39. The molecule has 4 rings (SSSR count). The van der Waals surface area contributed by atoms with Crippen molar-refractivity contribution in [1.29, 1.82) is 0 Å². The molecule has 0 aliphatic heterocycles. The van der Waals surface area contributed by atoms with Crippen molar-refractivity contribution in [2.24, 2.45) is 0 Å². The van der Waals surface area contributed by atoms with E-state index in [1.54, 1.807) is 0 Å². The van der Waals surface area contributed by atoms with Crippen molar-refractivity contribution in [3.05, 3.63) is 63.5 Å². The summed E-state index contributed by atoms with van der Waals surface area (Å²) < 4.78 is 0.701. The van der Waals surface area contributed by atoms with E-state index < -0.39 is 0 Å². The summed E-state index contributed by atoms with van der Waals surface area (Å²) in [7, 11) is 0. The first kappa shape index (κ1) is 12.7. The molecule has 2 unspecified atom stereocenters. The highest BCUT2D eigenvalue weighted by atomic mass is 32.1. The van der Waals surface area contributed by atoms with Gasteiger partial charge in [0.1, 0.15) is 10.5 Å². The van der Waals surface area contributed by atoms with Gasteiger partial charge in [0.15, 0.2) is 0 Å². The van der Waals surface area contributed by atoms with E-state index in [0.717, 1.165) is 11.9 Å². The number of fused-ring (bicyclic) bond motifs is 1. The monoisotopic (exact) mass is 297 g/mol. The Labute approximate surface area is 125 Å². The van der Waals surface area contributed by atoms with Gasteiger partial charge in [-0.15, -0.1) is 11.3 Å². The molecule has 106 valence electrons. The Morgan fingerprint density at radius 3 is 3.00 bits per heavy atom. The number of H-pyrrole nitrogens is 1. The van der Waals surface area contributed by atoms with Crippen LogP contribution in [0.4, 0.5) is 0 Å². The van der Waals surface area contributed by atoms with Gasteiger partial charge in [0.05, 0.1) is 12.1 Å². The van der Waals surface area contributed by atoms with Crippen molar-refractivity contribution < 1.29 is 0 Å². The third-order valence-electron chi connectivity index (χ3n) is 3.91. The van der Waals surface area contributed by atoms with E-state index in [1.165, 1.54) is 16.9 Å². The first-order valence-corrected chi connectivity index (χ1v) is 7.94. The Balaban J connectivity index is 1.44. The zero-order valence-electron chi connectivity index (χ0n) is 11.4. The number of hydrogen-bond acceptors (Lipinski definition) is 4. The second kappa shape index (κ2) is 5.09. The predicted octanol–water partition coefficient (Wildman–Crippen LogP) is 2.63. The molecule has 2 aromatic heterocycles. The van der Waals surface area contributed by atoms with Gasteiger partial charge < -0.3 is 10.3 Å². The summed E-state index contributed by atoms with van der Waals surface area (Å²) >= 11 is 1.43. The van der Waals surface area contributed by atoms with Crippen molar-refractivity contribution in [2.45, 2.75) is 24.9 Å². The molecule has 1 saturated carbocycles. The summed E-state index contributed by atoms with van der Waals surface area (Å²) in [5.74, 6) is 1.30. The molecule has 0 radical (unpaired) electrons. The zero-order valence-corrected chi connectivity index (χ0v) is 12.2. The smallest absolute Gasteiger partial charge is 0.268 e. The van der Waals surface area contributed by atoms with E-state index in [2.05, 4.69) is 39.6 Å². The zero-order chi connectivity index (χ0) is 14.2. The Morgan fingerprint density at radius 2 is 2.14 bits per heavy atom. The lowest BCUT2D eigenvalue weighted by atomic mass is 10.1. The molecule has 2 atom stereocenters. The van der Waals surface area contributed by atoms with Crippen molar-refractivity contribution in [3.8, 4) is 0 Å². The third kappa shape index (κ3) is 2.50. The van der Waals surface area contributed by atoms with Gasteiger partial charge in [0.2, 0.25) is 0 Å². The second-order valence-corrected chi connectivity index (χ2v) is 6.30. The molecule has 1 fully saturated rings. The lowest BCUT2D eigenvalue weighted by Crippen LogP contribution is -2.21. The highest BCUT2D eigenvalue weighted by Gasteiger charge is 2.37. The molecule has 2 heterocycles. The van der Waals surface area contributed by atoms with Crippen LogP contribution in [0.15, 0.2) is 46.6 Å². The summed E-state index contributed by atoms with van der Waals surface area (Å²) in [5, 5.41) is 5.38. The standard InChI is InChI=1S/C16H15N3OS/c20-16-15-12(6-7-21-15)18-14(19-16)9-17-13-8-11(13)10-4-2-1-3-5-10/h1-7,11,13,17H,8-9H2,(H,18,19,20). The predicted molar refractivity (Wildman–Crippen MR) is 84.7 cm³/mol. The fourth-order valence-corrected chi connectivity index (χ4v) is 3.45. The number of rotatable bonds is 4. The minimum Gasteiger partial charge on any atom is -0.308 e. The van der Waals surface area contributed by atoms with Gasteiger partial charge in [0.25, 0.3) is 5.56 Å². The van der Waals surface area contributed by atoms with Gasteiger partial charge in [0, 0.05) is 12.0 Å². The van der Waals surface area contributed by atoms with Crippen LogP contribution in [0.25, 0.3) is 10.2 Å². The van der Waals surface area contributed by atoms with E-state index >= 15 is 0 Å². The van der Waals surface area contributed by atoms with Crippen molar-refractivity contribution >= 4 is 21.6 Å². The van der Waals surface area contributed by atoms with E-state index in [9.17, 15) is 4.79 Å². The van der Waals surface area contributed by atoms with Crippen molar-refractivity contribution in [3.63, 3.8) is 0 Å². The largest absolute Gasteiger partial charge is 0.308 e. The molecular formula is C16H15N3OS. The van der Waals surface area contributed by atoms with Crippen LogP contribution < -0.4 is 10.9 Å². The topological polar surface area (TPSA) is 57.8 Å². The summed E-state index contributed by atoms with van der Waals surface area (Å²) in [6.45, 7) is 0.606. The van der Waals surface area contributed by atoms with Gasteiger partial charge in [-0.2, -0.15) is 0 Å². The number of nitrogens with zero attached hydrogens (tertiary/aromatic N) is 1. The molecule has 0 saturated heterocycles. The summed E-state index contributed by atoms with van der Waals surface area (Å²) in [5.41, 5.74) is 2.13. The number of aromatic amines is 1. The minimum absolute atomic E-state index is 0.0396. The summed E-state index contributed by atoms with van der Waals surface area (Å²) in [6, 6.07) is 12.9. The Hall–Kier alpha value is -1.98. The SMILES string of the molecule is O=c1[nH]c(CNC2CC2c2ccccc2)nc2ccsc12. The number of thiophene rings is 1. The average Bonchev–Trinajstić information content (AvgIpc) is 3.13. The van der Waals surface area contributed by atoms with Crippen LogP contribution in [-0.4, -0.2) is 16.0 Å². The van der Waals surface area contributed by atoms with Gasteiger partial charge in [-0.3, -0.25) is 4.79 Å². The normalized spacial score (nSPS) is 20.8. The Morgan fingerprint density at radius 1 is 1.29 bits per heavy atom. The highest BCUT2D eigenvalue weighted by Crippen LogP contribution is 2.40. The fraction of sp³-hybridized carbons (Fsp3) is 0.250. The first-order chi connectivity index (χ1) is 10.3. The molecule has 0 spiro atoms. The average molecular weight is 297 g/mol. The van der Waals surface area contributed by atoms with Crippen LogP contribution >= 0.6 is 11.3 Å². The van der Waals surface area contributed by atoms with E-state index in [0.29, 0.717) is 29.0 Å². The molecule has 1 aliphatic rings. The molecule has 0 amide bonds. The fourth-order valence-electron chi connectivity index (χ4n) is 2.72. The molecule has 1 aromatic carbocycles. The Bertz CT molecular complexity index is 824. The lowest BCUT2D eigenvalue weighted by molar-refractivity contribution is 0.646. The van der Waals surface area contributed by atoms with Crippen LogP contribution in [-0.2, 0) is 6.54 Å². The third-order valence-corrected chi connectivity index (χ3v) is 4.82. The molecular weight excluding hydrogens is 282 g/mol. The molecule has 3 aromatic rings. The maximum absolute atomic E-state index is 11.9. The summed E-state index contributed by atoms with van der Waals surface area (Å²) in [4.78, 5) is 19.2. The van der Waals surface area contributed by atoms with Gasteiger partial charge >= 0.3 is 0 Å². The van der Waals surface area contributed by atoms with E-state index in [1.807, 2.05) is 17.5 Å². The van der Waals surface area contributed by atoms with Gasteiger partial charge in [-0.1, -0.05) is 30.3 Å². The Kier molecular flexibility index (Phi) is 3.09. The molecule has 1 aliphatic carbocycles. The van der Waals surface area contributed by atoms with Crippen LogP contribution in [0, 0.1) is 0 Å². The van der Waals surface area contributed by atoms with E-state index in [4.69, 9.17) is 0 Å². The van der Waals surface area contributed by atoms with Crippen LogP contribution in [0.5, 0.6) is 0 Å². The summed E-state index contributed by atoms with van der Waals surface area (Å²) in [6.07, 6.45) is 1.15. The quantitative estimate of drug-likeness (QED) is 0.778. The van der Waals surface area contributed by atoms with Crippen molar-refractivity contribution in [1.82, 2.24) is 15.3 Å². The van der Waals surface area contributed by atoms with Crippen LogP contribution in [0.1, 0.15) is 23.7 Å². The molecule has 0 bridgehead atoms. The minimum atomic E-state index is -0.0396. The molecule has 21 heavy (non-hydrogen) atoms. The first-order valence-electron chi connectivity index (χ1n) is 7.06. The van der Waals surface area contributed by atoms with Crippen LogP contribution in [0.3, 0.4) is 0 Å². The maximum atomic E-state index is 11.9.